The molecule has 0 aliphatic heterocycles. The largest absolute Gasteiger partial charge is 0.496 e. The molecule has 0 fully saturated rings. The quantitative estimate of drug-likeness (QED) is 0.757. The van der Waals surface area contributed by atoms with Gasteiger partial charge in [0.25, 0.3) is 0 Å². The molecule has 1 amide bonds. The molecule has 0 atom stereocenters. The van der Waals surface area contributed by atoms with E-state index in [1.54, 1.807) is 6.07 Å². The zero-order chi connectivity index (χ0) is 19.5. The van der Waals surface area contributed by atoms with E-state index in [9.17, 15) is 18.0 Å². The molecule has 26 heavy (non-hydrogen) atoms. The molecule has 0 radical (unpaired) electrons. The summed E-state index contributed by atoms with van der Waals surface area (Å²) in [6.07, 6.45) is -5.82. The average Bonchev–Trinajstić information content (AvgIpc) is 2.58. The van der Waals surface area contributed by atoms with E-state index in [2.05, 4.69) is 5.32 Å². The molecule has 0 unspecified atom stereocenters. The fraction of sp³-hybridized carbons (Fsp3) is 0.316. The summed E-state index contributed by atoms with van der Waals surface area (Å²) in [6, 6.07) is 8.82. The van der Waals surface area contributed by atoms with Gasteiger partial charge < -0.3 is 15.2 Å². The smallest absolute Gasteiger partial charge is 0.416 e. The van der Waals surface area contributed by atoms with Crippen molar-refractivity contribution in [1.82, 2.24) is 5.32 Å². The van der Waals surface area contributed by atoms with Crippen molar-refractivity contribution in [2.24, 2.45) is 0 Å². The van der Waals surface area contributed by atoms with Crippen LogP contribution in [0.25, 0.3) is 11.1 Å². The summed E-state index contributed by atoms with van der Waals surface area (Å²) in [5.41, 5.74) is 1.50. The van der Waals surface area contributed by atoms with Crippen LogP contribution in [0.2, 0.25) is 0 Å². The molecule has 4 nitrogen and oxygen atoms in total. The van der Waals surface area contributed by atoms with E-state index in [1.807, 2.05) is 26.0 Å². The van der Waals surface area contributed by atoms with Gasteiger partial charge in [-0.25, -0.2) is 4.79 Å². The summed E-state index contributed by atoms with van der Waals surface area (Å²) in [5.74, 6) is 0.723. The minimum Gasteiger partial charge on any atom is -0.496 e. The number of methoxy groups -OCH3 is 1. The average molecular weight is 367 g/mol. The molecular formula is C19H20F3NO3. The first-order chi connectivity index (χ1) is 12.1. The van der Waals surface area contributed by atoms with Gasteiger partial charge in [0.2, 0.25) is 0 Å². The van der Waals surface area contributed by atoms with E-state index < -0.39 is 17.8 Å². The Morgan fingerprint density at radius 2 is 1.85 bits per heavy atom. The van der Waals surface area contributed by atoms with E-state index >= 15 is 0 Å². The molecule has 2 aromatic rings. The number of alkyl halides is 3. The highest BCUT2D eigenvalue weighted by Gasteiger charge is 2.31. The molecule has 2 rings (SSSR count). The van der Waals surface area contributed by atoms with Crippen LogP contribution in [0.3, 0.4) is 0 Å². The highest BCUT2D eigenvalue weighted by molar-refractivity contribution is 5.75. The summed E-state index contributed by atoms with van der Waals surface area (Å²) in [6.45, 7) is 3.76. The van der Waals surface area contributed by atoms with Gasteiger partial charge in [0.1, 0.15) is 5.75 Å². The third-order valence-electron chi connectivity index (χ3n) is 4.04. The van der Waals surface area contributed by atoms with Crippen LogP contribution in [-0.4, -0.2) is 18.3 Å². The lowest BCUT2D eigenvalue weighted by molar-refractivity contribution is -0.137. The molecule has 0 aliphatic carbocycles. The predicted octanol–water partition coefficient (Wildman–Crippen LogP) is 5.27. The summed E-state index contributed by atoms with van der Waals surface area (Å²) in [5, 5.41) is 11.0. The lowest BCUT2D eigenvalue weighted by Gasteiger charge is -2.17. The van der Waals surface area contributed by atoms with Crippen LogP contribution >= 0.6 is 0 Å². The van der Waals surface area contributed by atoms with Gasteiger partial charge in [0, 0.05) is 12.1 Å². The van der Waals surface area contributed by atoms with Crippen molar-refractivity contribution < 1.29 is 27.8 Å². The maximum atomic E-state index is 13.1. The number of rotatable bonds is 5. The van der Waals surface area contributed by atoms with Gasteiger partial charge in [0.15, 0.2) is 0 Å². The van der Waals surface area contributed by atoms with Crippen molar-refractivity contribution in [3.8, 4) is 16.9 Å². The summed E-state index contributed by atoms with van der Waals surface area (Å²) in [4.78, 5) is 10.8. The van der Waals surface area contributed by atoms with Crippen molar-refractivity contribution in [3.63, 3.8) is 0 Å². The fourth-order valence-corrected chi connectivity index (χ4v) is 2.65. The van der Waals surface area contributed by atoms with Gasteiger partial charge in [-0.3, -0.25) is 0 Å². The van der Waals surface area contributed by atoms with Crippen LogP contribution in [0.15, 0.2) is 36.4 Å². The number of carbonyl (C=O) groups is 1. The number of hydrogen-bond acceptors (Lipinski definition) is 2. The molecule has 2 N–H and O–H groups in total. The van der Waals surface area contributed by atoms with Gasteiger partial charge in [0.05, 0.1) is 12.7 Å². The maximum Gasteiger partial charge on any atom is 0.416 e. The van der Waals surface area contributed by atoms with Gasteiger partial charge in [-0.1, -0.05) is 26.0 Å². The van der Waals surface area contributed by atoms with Crippen LogP contribution in [0.5, 0.6) is 5.75 Å². The molecule has 0 saturated carbocycles. The zero-order valence-electron chi connectivity index (χ0n) is 14.6. The van der Waals surface area contributed by atoms with Gasteiger partial charge in [-0.05, 0) is 46.9 Å². The van der Waals surface area contributed by atoms with Crippen LogP contribution in [0, 0.1) is 0 Å². The Hall–Kier alpha value is -2.70. The van der Waals surface area contributed by atoms with Crippen LogP contribution < -0.4 is 10.1 Å². The first kappa shape index (κ1) is 19.6. The number of hydrogen-bond donors (Lipinski definition) is 2. The number of ether oxygens (including phenoxy) is 1. The van der Waals surface area contributed by atoms with E-state index in [0.717, 1.165) is 17.7 Å². The van der Waals surface area contributed by atoms with Crippen LogP contribution in [0.1, 0.15) is 36.5 Å². The zero-order valence-corrected chi connectivity index (χ0v) is 14.6. The van der Waals surface area contributed by atoms with Crippen molar-refractivity contribution in [3.05, 3.63) is 53.1 Å². The Morgan fingerprint density at radius 1 is 1.15 bits per heavy atom. The normalized spacial score (nSPS) is 11.5. The highest BCUT2D eigenvalue weighted by atomic mass is 19.4. The third-order valence-corrected chi connectivity index (χ3v) is 4.04. The molecule has 0 saturated heterocycles. The van der Waals surface area contributed by atoms with E-state index in [0.29, 0.717) is 16.9 Å². The Labute approximate surface area is 149 Å². The number of amides is 1. The lowest BCUT2D eigenvalue weighted by atomic mass is 9.92. The lowest BCUT2D eigenvalue weighted by Crippen LogP contribution is -2.21. The molecule has 0 spiro atoms. The molecule has 2 aromatic carbocycles. The first-order valence-electron chi connectivity index (χ1n) is 7.98. The number of nitrogens with one attached hydrogen (secondary N) is 1. The second-order valence-corrected chi connectivity index (χ2v) is 6.14. The van der Waals surface area contributed by atoms with Gasteiger partial charge >= 0.3 is 12.3 Å². The Balaban J connectivity index is 2.63. The fourth-order valence-electron chi connectivity index (χ4n) is 2.65. The van der Waals surface area contributed by atoms with E-state index in [4.69, 9.17) is 9.84 Å². The van der Waals surface area contributed by atoms with Crippen molar-refractivity contribution in [2.45, 2.75) is 32.5 Å². The number of benzene rings is 2. The monoisotopic (exact) mass is 367 g/mol. The van der Waals surface area contributed by atoms with Gasteiger partial charge in [-0.15, -0.1) is 0 Å². The van der Waals surface area contributed by atoms with E-state index in [1.165, 1.54) is 13.2 Å². The summed E-state index contributed by atoms with van der Waals surface area (Å²) < 4.78 is 44.5. The Morgan fingerprint density at radius 3 is 2.38 bits per heavy atom. The Bertz CT molecular complexity index is 801. The van der Waals surface area contributed by atoms with Crippen LogP contribution in [-0.2, 0) is 12.7 Å². The Kier molecular flexibility index (Phi) is 5.79. The van der Waals surface area contributed by atoms with Crippen molar-refractivity contribution >= 4 is 6.09 Å². The second kappa shape index (κ2) is 7.68. The molecule has 0 aliphatic rings. The van der Waals surface area contributed by atoms with Crippen molar-refractivity contribution in [2.75, 3.05) is 7.11 Å². The minimum atomic E-state index is -4.51. The molecule has 0 aromatic heterocycles. The SMILES string of the molecule is COc1ccc(C(C)C)cc1-c1ccc(C(F)(F)F)cc1CNC(=O)O. The maximum absolute atomic E-state index is 13.1. The molecule has 0 bridgehead atoms. The minimum absolute atomic E-state index is 0.217. The second-order valence-electron chi connectivity index (χ2n) is 6.14. The summed E-state index contributed by atoms with van der Waals surface area (Å²) >= 11 is 0. The molecular weight excluding hydrogens is 347 g/mol. The van der Waals surface area contributed by atoms with Gasteiger partial charge in [-0.2, -0.15) is 13.2 Å². The summed E-state index contributed by atoms with van der Waals surface area (Å²) in [7, 11) is 1.48. The van der Waals surface area contributed by atoms with Crippen molar-refractivity contribution in [1.29, 1.82) is 0 Å². The number of carboxylic acid groups (broad SMARTS) is 1. The standard InChI is InChI=1S/C19H20F3NO3/c1-11(2)12-4-7-17(26-3)16(9-12)15-6-5-14(19(20,21)22)8-13(15)10-23-18(24)25/h4-9,11,23H,10H2,1-3H3,(H,24,25). The highest BCUT2D eigenvalue weighted by Crippen LogP contribution is 2.38. The first-order valence-corrected chi connectivity index (χ1v) is 7.98. The van der Waals surface area contributed by atoms with E-state index in [-0.39, 0.29) is 18.0 Å². The number of halogens is 3. The predicted molar refractivity (Wildman–Crippen MR) is 92.4 cm³/mol. The third kappa shape index (κ3) is 4.47. The molecule has 0 heterocycles. The molecule has 7 heteroatoms. The molecule has 140 valence electrons. The van der Waals surface area contributed by atoms with Crippen LogP contribution in [0.4, 0.5) is 18.0 Å². The topological polar surface area (TPSA) is 58.6 Å².